The molecule has 0 aromatic rings. The van der Waals surface area contributed by atoms with Crippen LogP contribution in [0, 0.1) is 0 Å². The van der Waals surface area contributed by atoms with Gasteiger partial charge < -0.3 is 14.2 Å². The van der Waals surface area contributed by atoms with Crippen LogP contribution in [0.3, 0.4) is 0 Å². The fourth-order valence-corrected chi connectivity index (χ4v) is 9.68. The Kier molecular flexibility index (Phi) is 66.7. The minimum Gasteiger partial charge on any atom is -0.462 e. The Morgan fingerprint density at radius 3 is 0.771 bits per heavy atom. The molecule has 0 bridgehead atoms. The largest absolute Gasteiger partial charge is 0.462 e. The third kappa shape index (κ3) is 68.5. The van der Waals surface area contributed by atoms with Crippen LogP contribution in [0.15, 0.2) is 122 Å². The van der Waals surface area contributed by atoms with E-state index in [4.69, 9.17) is 14.2 Å². The van der Waals surface area contributed by atoms with Crippen molar-refractivity contribution < 1.29 is 28.6 Å². The molecule has 6 heteroatoms. The van der Waals surface area contributed by atoms with Gasteiger partial charge in [0, 0.05) is 19.3 Å². The van der Waals surface area contributed by atoms with Gasteiger partial charge in [-0.2, -0.15) is 0 Å². The molecule has 0 radical (unpaired) electrons. The van der Waals surface area contributed by atoms with Gasteiger partial charge in [-0.25, -0.2) is 0 Å². The predicted molar refractivity (Wildman–Crippen MR) is 362 cm³/mol. The molecule has 0 aliphatic heterocycles. The molecule has 0 heterocycles. The van der Waals surface area contributed by atoms with Crippen LogP contribution < -0.4 is 0 Å². The Morgan fingerprint density at radius 2 is 0.470 bits per heavy atom. The van der Waals surface area contributed by atoms with Crippen molar-refractivity contribution >= 4 is 17.9 Å². The molecule has 0 aromatic heterocycles. The monoisotopic (exact) mass is 1150 g/mol. The maximum atomic E-state index is 13.0. The van der Waals surface area contributed by atoms with Gasteiger partial charge in [-0.3, -0.25) is 14.4 Å². The van der Waals surface area contributed by atoms with Gasteiger partial charge >= 0.3 is 17.9 Å². The highest BCUT2D eigenvalue weighted by molar-refractivity contribution is 5.71. The molecule has 0 saturated carbocycles. The Bertz CT molecular complexity index is 1700. The van der Waals surface area contributed by atoms with Crippen LogP contribution in [0.25, 0.3) is 0 Å². The first-order chi connectivity index (χ1) is 41.0. The first-order valence-electron chi connectivity index (χ1n) is 35.0. The summed E-state index contributed by atoms with van der Waals surface area (Å²) in [5, 5.41) is 0. The summed E-state index contributed by atoms with van der Waals surface area (Å²) in [7, 11) is 0. The zero-order valence-corrected chi connectivity index (χ0v) is 54.4. The highest BCUT2D eigenvalue weighted by Crippen LogP contribution is 2.16. The Hall–Kier alpha value is -4.19. The van der Waals surface area contributed by atoms with Crippen LogP contribution in [-0.2, 0) is 28.6 Å². The molecule has 83 heavy (non-hydrogen) atoms. The van der Waals surface area contributed by atoms with Crippen molar-refractivity contribution in [1.82, 2.24) is 0 Å². The topological polar surface area (TPSA) is 78.9 Å². The molecule has 0 aliphatic carbocycles. The molecular weight excluding hydrogens is 1020 g/mol. The molecule has 0 rings (SSSR count). The highest BCUT2D eigenvalue weighted by atomic mass is 16.6. The van der Waals surface area contributed by atoms with Crippen LogP contribution in [0.1, 0.15) is 329 Å². The molecule has 0 spiro atoms. The summed E-state index contributed by atoms with van der Waals surface area (Å²) in [6.45, 7) is 6.51. The summed E-state index contributed by atoms with van der Waals surface area (Å²) in [5.41, 5.74) is 0. The van der Waals surface area contributed by atoms with E-state index in [-0.39, 0.29) is 31.1 Å². The summed E-state index contributed by atoms with van der Waals surface area (Å²) in [6, 6.07) is 0. The van der Waals surface area contributed by atoms with E-state index in [0.29, 0.717) is 19.3 Å². The van der Waals surface area contributed by atoms with Gasteiger partial charge in [0.2, 0.25) is 0 Å². The van der Waals surface area contributed by atoms with Crippen LogP contribution >= 0.6 is 0 Å². The van der Waals surface area contributed by atoms with E-state index in [0.717, 1.165) is 122 Å². The summed E-state index contributed by atoms with van der Waals surface area (Å²) in [4.78, 5) is 38.5. The lowest BCUT2D eigenvalue weighted by atomic mass is 10.1. The van der Waals surface area contributed by atoms with Crippen molar-refractivity contribution in [2.45, 2.75) is 335 Å². The number of ether oxygens (including phenoxy) is 3. The molecule has 0 fully saturated rings. The molecular formula is C77H130O6. The molecule has 0 amide bonds. The SMILES string of the molecule is CC/C=C\C/C=C\C/C=C\C/C=C\C/C=C\C/C=C\C/C=C\CCCCCCCCCC(=O)OCC(COC(=O)CCCCCCCCC/C=C\C/C=C\CCCCC)OC(=O)CCCCCCCCCCC/C=C\CCCCCCCC. The number of esters is 3. The molecule has 1 unspecified atom stereocenters. The average molecular weight is 1150 g/mol. The van der Waals surface area contributed by atoms with Crippen molar-refractivity contribution in [2.75, 3.05) is 13.2 Å². The van der Waals surface area contributed by atoms with E-state index < -0.39 is 6.10 Å². The molecule has 0 N–H and O–H groups in total. The number of hydrogen-bond donors (Lipinski definition) is 0. The molecule has 0 saturated heterocycles. The molecule has 1 atom stereocenters. The van der Waals surface area contributed by atoms with E-state index >= 15 is 0 Å². The van der Waals surface area contributed by atoms with Crippen LogP contribution in [-0.4, -0.2) is 37.2 Å². The summed E-state index contributed by atoms with van der Waals surface area (Å²) in [5.74, 6) is -0.897. The van der Waals surface area contributed by atoms with Crippen LogP contribution in [0.5, 0.6) is 0 Å². The number of hydrogen-bond acceptors (Lipinski definition) is 6. The molecule has 0 aromatic carbocycles. The predicted octanol–water partition coefficient (Wildman–Crippen LogP) is 24.3. The zero-order valence-electron chi connectivity index (χ0n) is 54.4. The molecule has 474 valence electrons. The lowest BCUT2D eigenvalue weighted by molar-refractivity contribution is -0.167. The minimum atomic E-state index is -0.792. The Balaban J connectivity index is 4.39. The third-order valence-corrected chi connectivity index (χ3v) is 14.9. The van der Waals surface area contributed by atoms with Gasteiger partial charge in [0.05, 0.1) is 0 Å². The lowest BCUT2D eigenvalue weighted by Crippen LogP contribution is -2.30. The van der Waals surface area contributed by atoms with Gasteiger partial charge in [-0.1, -0.05) is 296 Å². The van der Waals surface area contributed by atoms with Gasteiger partial charge in [0.1, 0.15) is 13.2 Å². The van der Waals surface area contributed by atoms with E-state index in [1.807, 2.05) is 0 Å². The van der Waals surface area contributed by atoms with Gasteiger partial charge in [-0.15, -0.1) is 0 Å². The maximum absolute atomic E-state index is 13.0. The standard InChI is InChI=1S/C77H130O6/c1-4-7-10-13-16-19-22-25-28-31-33-34-35-36-37-38-39-40-41-42-44-46-49-52-55-58-61-64-67-70-76(79)82-73-74(72-81-75(78)69-66-63-60-57-54-51-48-45-30-27-24-21-18-15-12-9-6-3)83-77(80)71-68-65-62-59-56-53-50-47-43-32-29-26-23-20-17-14-11-8-5-2/h7,10,16,18-19,21,25-30,33-34,36-37,39-40,42,44,74H,4-6,8-9,11-15,17,20,22-24,31-32,35,38,41,43,45-73H2,1-3H3/b10-7-,19-16-,21-18-,28-25-,29-26-,30-27-,34-33-,37-36-,40-39-,44-42-. The second-order valence-corrected chi connectivity index (χ2v) is 23.1. The van der Waals surface area contributed by atoms with E-state index in [2.05, 4.69) is 142 Å². The zero-order chi connectivity index (χ0) is 59.9. The summed E-state index contributed by atoms with van der Waals surface area (Å²) < 4.78 is 17.0. The second kappa shape index (κ2) is 70.3. The van der Waals surface area contributed by atoms with Crippen molar-refractivity contribution in [1.29, 1.82) is 0 Å². The van der Waals surface area contributed by atoms with Gasteiger partial charge in [0.15, 0.2) is 6.10 Å². The fourth-order valence-electron chi connectivity index (χ4n) is 9.68. The van der Waals surface area contributed by atoms with E-state index in [1.54, 1.807) is 0 Å². The first-order valence-corrected chi connectivity index (χ1v) is 35.0. The van der Waals surface area contributed by atoms with Crippen molar-refractivity contribution in [2.24, 2.45) is 0 Å². The lowest BCUT2D eigenvalue weighted by Gasteiger charge is -2.18. The van der Waals surface area contributed by atoms with E-state index in [9.17, 15) is 14.4 Å². The van der Waals surface area contributed by atoms with Crippen molar-refractivity contribution in [3.05, 3.63) is 122 Å². The van der Waals surface area contributed by atoms with Crippen LogP contribution in [0.4, 0.5) is 0 Å². The van der Waals surface area contributed by atoms with Gasteiger partial charge in [0.25, 0.3) is 0 Å². The maximum Gasteiger partial charge on any atom is 0.306 e. The summed E-state index contributed by atoms with van der Waals surface area (Å²) >= 11 is 0. The second-order valence-electron chi connectivity index (χ2n) is 23.1. The molecule has 6 nitrogen and oxygen atoms in total. The smallest absolute Gasteiger partial charge is 0.306 e. The van der Waals surface area contributed by atoms with Crippen molar-refractivity contribution in [3.63, 3.8) is 0 Å². The quantitative estimate of drug-likeness (QED) is 0.0261. The van der Waals surface area contributed by atoms with Gasteiger partial charge in [-0.05, 0) is 135 Å². The fraction of sp³-hybridized carbons (Fsp3) is 0.701. The minimum absolute atomic E-state index is 0.0870. The normalized spacial score (nSPS) is 12.9. The highest BCUT2D eigenvalue weighted by Gasteiger charge is 2.19. The Labute approximate surface area is 513 Å². The Morgan fingerprint density at radius 1 is 0.253 bits per heavy atom. The average Bonchev–Trinajstić information content (AvgIpc) is 3.49. The number of carbonyl (C=O) groups excluding carboxylic acids is 3. The number of rotatable bonds is 63. The first kappa shape index (κ1) is 78.8. The summed E-state index contributed by atoms with van der Waals surface area (Å²) in [6.07, 6.45) is 97.8. The third-order valence-electron chi connectivity index (χ3n) is 14.9. The molecule has 0 aliphatic rings. The van der Waals surface area contributed by atoms with E-state index in [1.165, 1.54) is 167 Å². The van der Waals surface area contributed by atoms with Crippen molar-refractivity contribution in [3.8, 4) is 0 Å². The number of unbranched alkanes of at least 4 members (excludes halogenated alkanes) is 32. The van der Waals surface area contributed by atoms with Crippen LogP contribution in [0.2, 0.25) is 0 Å². The number of carbonyl (C=O) groups is 3. The number of allylic oxidation sites excluding steroid dienone is 20.